The van der Waals surface area contributed by atoms with Gasteiger partial charge in [0, 0.05) is 30.2 Å². The maximum absolute atomic E-state index is 11.1. The predicted octanol–water partition coefficient (Wildman–Crippen LogP) is 4.05. The fourth-order valence-electron chi connectivity index (χ4n) is 4.52. The van der Waals surface area contributed by atoms with Crippen LogP contribution in [0.3, 0.4) is 0 Å². The molecule has 3 fully saturated rings. The smallest absolute Gasteiger partial charge is 0.138 e. The van der Waals surface area contributed by atoms with Crippen LogP contribution in [0, 0.1) is 5.92 Å². The van der Waals surface area contributed by atoms with Crippen molar-refractivity contribution < 1.29 is 9.84 Å². The summed E-state index contributed by atoms with van der Waals surface area (Å²) in [4.78, 5) is 7.88. The van der Waals surface area contributed by atoms with Crippen LogP contribution in [-0.2, 0) is 6.42 Å². The molecule has 1 aromatic heterocycles. The maximum atomic E-state index is 11.1. The van der Waals surface area contributed by atoms with Gasteiger partial charge in [-0.25, -0.2) is 0 Å². The van der Waals surface area contributed by atoms with E-state index in [0.717, 1.165) is 66.6 Å². The Balaban J connectivity index is 1.40. The van der Waals surface area contributed by atoms with E-state index in [1.54, 1.807) is 7.11 Å². The molecule has 0 saturated carbocycles. The molecule has 1 N–H and O–H groups in total. The van der Waals surface area contributed by atoms with Crippen molar-refractivity contribution in [1.29, 1.82) is 0 Å². The molecule has 1 atom stereocenters. The van der Waals surface area contributed by atoms with Gasteiger partial charge in [0.1, 0.15) is 5.75 Å². The molecule has 5 rings (SSSR count). The van der Waals surface area contributed by atoms with Crippen LogP contribution in [0.25, 0.3) is 10.8 Å². The summed E-state index contributed by atoms with van der Waals surface area (Å²) in [6.45, 7) is 3.06. The van der Waals surface area contributed by atoms with Crippen LogP contribution < -0.4 is 4.74 Å². The normalized spacial score (nSPS) is 27.1. The van der Waals surface area contributed by atoms with Crippen molar-refractivity contribution in [3.63, 3.8) is 0 Å². The molecule has 4 nitrogen and oxygen atoms in total. The minimum atomic E-state index is -0.568. The van der Waals surface area contributed by atoms with Gasteiger partial charge < -0.3 is 14.7 Å². The van der Waals surface area contributed by atoms with Crippen LogP contribution in [0.1, 0.15) is 31.4 Å². The molecule has 3 saturated heterocycles. The molecular weight excluding hydrogens is 380 g/mol. The molecule has 6 heteroatoms. The van der Waals surface area contributed by atoms with Gasteiger partial charge in [-0.1, -0.05) is 23.8 Å². The standard InChI is InChI=1S/C21H25ClN2O2S/c1-26-20-10-15-12-23-17(8-14(15)9-19(20)22)11-18(27)2-5-21(25)13-24-6-3-16(21)4-7-24/h8-10,12,16,25H,2-7,11,13H2,1H3/t21-/m0/s1. The number of halogens is 1. The number of ether oxygens (including phenoxy) is 1. The number of methoxy groups -OCH3 is 1. The highest BCUT2D eigenvalue weighted by Gasteiger charge is 2.44. The predicted molar refractivity (Wildman–Crippen MR) is 113 cm³/mol. The Morgan fingerprint density at radius 3 is 2.78 bits per heavy atom. The van der Waals surface area contributed by atoms with Gasteiger partial charge in [0.2, 0.25) is 0 Å². The number of thiocarbonyl (C=S) groups is 1. The first-order valence-corrected chi connectivity index (χ1v) is 10.3. The summed E-state index contributed by atoms with van der Waals surface area (Å²) in [6, 6.07) is 5.84. The number of hydrogen-bond acceptors (Lipinski definition) is 5. The van der Waals surface area contributed by atoms with Gasteiger partial charge in [0.15, 0.2) is 0 Å². The van der Waals surface area contributed by atoms with Crippen molar-refractivity contribution in [2.45, 2.75) is 37.7 Å². The zero-order chi connectivity index (χ0) is 19.0. The lowest BCUT2D eigenvalue weighted by Gasteiger charge is -2.50. The summed E-state index contributed by atoms with van der Waals surface area (Å²) < 4.78 is 5.26. The molecule has 144 valence electrons. The van der Waals surface area contributed by atoms with E-state index in [-0.39, 0.29) is 0 Å². The van der Waals surface area contributed by atoms with E-state index in [9.17, 15) is 5.11 Å². The molecule has 0 aliphatic carbocycles. The number of rotatable bonds is 6. The fraction of sp³-hybridized carbons (Fsp3) is 0.524. The number of nitrogens with zero attached hydrogens (tertiary/aromatic N) is 2. The molecule has 27 heavy (non-hydrogen) atoms. The number of aromatic nitrogens is 1. The molecule has 3 aliphatic heterocycles. The first kappa shape index (κ1) is 19.1. The largest absolute Gasteiger partial charge is 0.495 e. The van der Waals surface area contributed by atoms with E-state index in [1.807, 2.05) is 24.4 Å². The highest BCUT2D eigenvalue weighted by Crippen LogP contribution is 2.38. The van der Waals surface area contributed by atoms with Crippen molar-refractivity contribution >= 4 is 39.5 Å². The first-order valence-electron chi connectivity index (χ1n) is 9.55. The van der Waals surface area contributed by atoms with E-state index >= 15 is 0 Å². The SMILES string of the molecule is COc1cc2cnc(CC(=S)CC[C@]3(O)CN4CCC3CC4)cc2cc1Cl. The minimum absolute atomic E-state index is 0.432. The zero-order valence-corrected chi connectivity index (χ0v) is 17.2. The van der Waals surface area contributed by atoms with Gasteiger partial charge in [0.25, 0.3) is 0 Å². The second kappa shape index (κ2) is 7.63. The monoisotopic (exact) mass is 404 g/mol. The molecule has 2 aromatic rings. The Labute approximate surface area is 170 Å². The minimum Gasteiger partial charge on any atom is -0.495 e. The number of hydrogen-bond donors (Lipinski definition) is 1. The second-order valence-corrected chi connectivity index (χ2v) is 8.86. The Morgan fingerprint density at radius 1 is 1.33 bits per heavy atom. The molecule has 0 unspecified atom stereocenters. The summed E-state index contributed by atoms with van der Waals surface area (Å²) >= 11 is 11.9. The third-order valence-corrected chi connectivity index (χ3v) is 6.75. The third kappa shape index (κ3) is 3.97. The summed E-state index contributed by atoms with van der Waals surface area (Å²) in [5.74, 6) is 1.08. The Hall–Kier alpha value is -1.27. The van der Waals surface area contributed by atoms with Crippen LogP contribution in [0.4, 0.5) is 0 Å². The highest BCUT2D eigenvalue weighted by molar-refractivity contribution is 7.80. The molecule has 0 amide bonds. The van der Waals surface area contributed by atoms with E-state index in [0.29, 0.717) is 23.1 Å². The van der Waals surface area contributed by atoms with Gasteiger partial charge in [-0.05, 0) is 73.1 Å². The average Bonchev–Trinajstić information content (AvgIpc) is 2.66. The Bertz CT molecular complexity index is 867. The third-order valence-electron chi connectivity index (χ3n) is 6.11. The van der Waals surface area contributed by atoms with Gasteiger partial charge in [-0.3, -0.25) is 4.98 Å². The molecule has 0 radical (unpaired) electrons. The van der Waals surface area contributed by atoms with E-state index in [4.69, 9.17) is 28.6 Å². The van der Waals surface area contributed by atoms with Crippen molar-refractivity contribution in [2.24, 2.45) is 5.92 Å². The lowest BCUT2D eigenvalue weighted by Crippen LogP contribution is -2.59. The summed E-state index contributed by atoms with van der Waals surface area (Å²) in [5, 5.41) is 13.7. The number of piperidine rings is 3. The lowest BCUT2D eigenvalue weighted by atomic mass is 9.73. The molecule has 3 aliphatic rings. The van der Waals surface area contributed by atoms with Gasteiger partial charge in [0.05, 0.1) is 17.7 Å². The molecule has 1 aromatic carbocycles. The van der Waals surface area contributed by atoms with Gasteiger partial charge >= 0.3 is 0 Å². The topological polar surface area (TPSA) is 45.6 Å². The molecule has 2 bridgehead atoms. The second-order valence-electron chi connectivity index (χ2n) is 7.88. The highest BCUT2D eigenvalue weighted by atomic mass is 35.5. The van der Waals surface area contributed by atoms with Crippen LogP contribution in [0.15, 0.2) is 24.4 Å². The molecule has 4 heterocycles. The van der Waals surface area contributed by atoms with Crippen molar-refractivity contribution in [3.05, 3.63) is 35.1 Å². The lowest BCUT2D eigenvalue weighted by molar-refractivity contribution is -0.114. The number of aliphatic hydroxyl groups is 1. The number of pyridine rings is 1. The number of benzene rings is 1. The Kier molecular flexibility index (Phi) is 5.39. The summed E-state index contributed by atoms with van der Waals surface area (Å²) in [5.41, 5.74) is 0.371. The van der Waals surface area contributed by atoms with Crippen LogP contribution in [0.2, 0.25) is 5.02 Å². The quantitative estimate of drug-likeness (QED) is 0.736. The van der Waals surface area contributed by atoms with E-state index in [2.05, 4.69) is 9.88 Å². The first-order chi connectivity index (χ1) is 13.0. The maximum Gasteiger partial charge on any atom is 0.138 e. The summed E-state index contributed by atoms with van der Waals surface area (Å²) in [6.07, 6.45) is 6.23. The summed E-state index contributed by atoms with van der Waals surface area (Å²) in [7, 11) is 1.61. The van der Waals surface area contributed by atoms with Crippen molar-refractivity contribution in [2.75, 3.05) is 26.7 Å². The van der Waals surface area contributed by atoms with E-state index < -0.39 is 5.60 Å². The zero-order valence-electron chi connectivity index (χ0n) is 15.6. The van der Waals surface area contributed by atoms with Crippen LogP contribution in [-0.4, -0.2) is 52.2 Å². The average molecular weight is 405 g/mol. The van der Waals surface area contributed by atoms with Gasteiger partial charge in [-0.15, -0.1) is 0 Å². The van der Waals surface area contributed by atoms with Crippen LogP contribution >= 0.6 is 23.8 Å². The van der Waals surface area contributed by atoms with Crippen LogP contribution in [0.5, 0.6) is 5.75 Å². The Morgan fingerprint density at radius 2 is 2.11 bits per heavy atom. The molecular formula is C21H25ClN2O2S. The van der Waals surface area contributed by atoms with Gasteiger partial charge in [-0.2, -0.15) is 0 Å². The fourth-order valence-corrected chi connectivity index (χ4v) is 5.02. The van der Waals surface area contributed by atoms with E-state index in [1.165, 1.54) is 0 Å². The van der Waals surface area contributed by atoms with Crippen molar-refractivity contribution in [3.8, 4) is 5.75 Å². The molecule has 0 spiro atoms. The number of fused-ring (bicyclic) bond motifs is 4. The van der Waals surface area contributed by atoms with Crippen molar-refractivity contribution in [1.82, 2.24) is 9.88 Å².